The van der Waals surface area contributed by atoms with E-state index in [1.807, 2.05) is 90.4 Å². The molecule has 0 fully saturated rings. The summed E-state index contributed by atoms with van der Waals surface area (Å²) in [5.74, 6) is 0. The number of aryl methyl sites for hydroxylation is 4. The molecule has 8 heteroatoms. The van der Waals surface area contributed by atoms with E-state index in [2.05, 4.69) is 125 Å². The Morgan fingerprint density at radius 2 is 0.420 bits per heavy atom. The molecule has 0 aliphatic carbocycles. The van der Waals surface area contributed by atoms with Gasteiger partial charge in [-0.3, -0.25) is 36.8 Å². The van der Waals surface area contributed by atoms with Crippen molar-refractivity contribution in [2.45, 2.75) is 182 Å². The van der Waals surface area contributed by atoms with Gasteiger partial charge in [-0.15, -0.1) is 0 Å². The third-order valence-electron chi connectivity index (χ3n) is 18.5. The molecule has 0 unspecified atom stereocenters. The zero-order valence-electron chi connectivity index (χ0n) is 52.6. The molecule has 12 aromatic rings. The lowest BCUT2D eigenvalue weighted by molar-refractivity contribution is 0.632. The smallest absolute Gasteiger partial charge is 0.264 e. The highest BCUT2D eigenvalue weighted by molar-refractivity contribution is 5.99. The third-order valence-corrected chi connectivity index (χ3v) is 18.5. The number of rotatable bonds is 28. The van der Waals surface area contributed by atoms with Gasteiger partial charge in [0, 0.05) is 0 Å². The van der Waals surface area contributed by atoms with Crippen LogP contribution < -0.4 is 22.2 Å². The van der Waals surface area contributed by atoms with Crippen LogP contribution in [0.3, 0.4) is 0 Å². The van der Waals surface area contributed by atoms with Crippen molar-refractivity contribution < 1.29 is 0 Å². The zero-order valence-corrected chi connectivity index (χ0v) is 52.6. The summed E-state index contributed by atoms with van der Waals surface area (Å²) in [4.78, 5) is 59.0. The van der Waals surface area contributed by atoms with Gasteiger partial charge in [-0.1, -0.05) is 252 Å². The highest BCUT2D eigenvalue weighted by Gasteiger charge is 2.27. The van der Waals surface area contributed by atoms with Crippen LogP contribution in [0.4, 0.5) is 0 Å². The molecule has 452 valence electrons. The summed E-state index contributed by atoms with van der Waals surface area (Å²) in [6.45, 7) is 8.93. The Bertz CT molecular complexity index is 3940. The molecule has 4 aromatic carbocycles. The summed E-state index contributed by atoms with van der Waals surface area (Å²) >= 11 is 0. The topological polar surface area (TPSA) is 85.9 Å². The van der Waals surface area contributed by atoms with Gasteiger partial charge in [-0.25, -0.2) is 0 Å². The Balaban J connectivity index is 0.000000182. The van der Waals surface area contributed by atoms with Gasteiger partial charge in [-0.2, -0.15) is 0 Å². The Labute approximate surface area is 518 Å². The zero-order chi connectivity index (χ0) is 60.9. The fraction of sp³-hybridized carbons (Fsp3) is 0.350. The van der Waals surface area contributed by atoms with Crippen LogP contribution in [-0.4, -0.2) is 17.6 Å². The summed E-state index contributed by atoms with van der Waals surface area (Å²) < 4.78 is 7.60. The van der Waals surface area contributed by atoms with E-state index in [1.165, 1.54) is 77.0 Å². The molecule has 88 heavy (non-hydrogen) atoms. The summed E-state index contributed by atoms with van der Waals surface area (Å²) in [7, 11) is 0. The van der Waals surface area contributed by atoms with Crippen molar-refractivity contribution in [3.05, 3.63) is 234 Å². The van der Waals surface area contributed by atoms with Crippen molar-refractivity contribution in [1.29, 1.82) is 0 Å². The highest BCUT2D eigenvalue weighted by atomic mass is 16.1. The monoisotopic (exact) mass is 1170 g/mol. The highest BCUT2D eigenvalue weighted by Crippen LogP contribution is 2.36. The Hall–Kier alpha value is -8.36. The minimum absolute atomic E-state index is 0.0702. The van der Waals surface area contributed by atoms with E-state index in [-0.39, 0.29) is 22.2 Å². The second kappa shape index (κ2) is 29.1. The van der Waals surface area contributed by atoms with Crippen molar-refractivity contribution in [1.82, 2.24) is 17.6 Å². The molecule has 0 aliphatic rings. The first-order valence-corrected chi connectivity index (χ1v) is 33.5. The van der Waals surface area contributed by atoms with E-state index >= 15 is 0 Å². The van der Waals surface area contributed by atoms with E-state index in [1.54, 1.807) is 0 Å². The first-order valence-electron chi connectivity index (χ1n) is 33.5. The van der Waals surface area contributed by atoms with Gasteiger partial charge in [-0.05, 0) is 144 Å². The average Bonchev–Trinajstić information content (AvgIpc) is 1.43. The van der Waals surface area contributed by atoms with E-state index in [0.717, 1.165) is 166 Å². The van der Waals surface area contributed by atoms with Crippen LogP contribution in [-0.2, 0) is 25.7 Å². The number of hydrogen-bond acceptors (Lipinski definition) is 4. The third kappa shape index (κ3) is 12.4. The van der Waals surface area contributed by atoms with Crippen molar-refractivity contribution in [2.75, 3.05) is 0 Å². The number of hydrogen-bond donors (Lipinski definition) is 0. The molecule has 0 saturated carbocycles. The maximum atomic E-state index is 14.8. The van der Waals surface area contributed by atoms with Gasteiger partial charge >= 0.3 is 0 Å². The number of benzene rings is 4. The van der Waals surface area contributed by atoms with Crippen LogP contribution in [0.2, 0.25) is 0 Å². The van der Waals surface area contributed by atoms with Crippen LogP contribution in [0.5, 0.6) is 0 Å². The maximum absolute atomic E-state index is 14.8. The molecule has 0 saturated heterocycles. The molecule has 8 heterocycles. The van der Waals surface area contributed by atoms with Crippen molar-refractivity contribution in [2.24, 2.45) is 0 Å². The maximum Gasteiger partial charge on any atom is 0.264 e. The minimum atomic E-state index is -0.0702. The SMILES string of the molecule is CCCCCCCc1c2c(=O)n3c(-c4ccccc4)ccc3c(CCCCCCC)c2c(=O)n2c(-c3ccccc3)ccc12.CCCCCCCc1c2c(=O)n3c(-c4ccccc4)ccc3c(CCCCCCC)c2c(=O)n2c(-c3ccccc3)ccc12. The van der Waals surface area contributed by atoms with Crippen LogP contribution in [0.25, 0.3) is 88.6 Å². The molecule has 8 aromatic heterocycles. The number of pyridine rings is 4. The predicted octanol–water partition coefficient (Wildman–Crippen LogP) is 19.7. The second-order valence-electron chi connectivity index (χ2n) is 24.5. The van der Waals surface area contributed by atoms with Gasteiger partial charge < -0.3 is 0 Å². The molecule has 0 spiro atoms. The van der Waals surface area contributed by atoms with Crippen LogP contribution in [0, 0.1) is 0 Å². The quantitative estimate of drug-likeness (QED) is 0.0457. The van der Waals surface area contributed by atoms with E-state index < -0.39 is 0 Å². The lowest BCUT2D eigenvalue weighted by atomic mass is 9.95. The van der Waals surface area contributed by atoms with Crippen molar-refractivity contribution >= 4 is 43.6 Å². The van der Waals surface area contributed by atoms with Gasteiger partial charge in [0.2, 0.25) is 0 Å². The van der Waals surface area contributed by atoms with Crippen molar-refractivity contribution in [3.63, 3.8) is 0 Å². The number of aromatic nitrogens is 4. The van der Waals surface area contributed by atoms with E-state index in [9.17, 15) is 19.2 Å². The largest absolute Gasteiger partial charge is 0.276 e. The van der Waals surface area contributed by atoms with Crippen molar-refractivity contribution in [3.8, 4) is 45.0 Å². The molecule has 0 bridgehead atoms. The summed E-state index contributed by atoms with van der Waals surface area (Å²) in [6.07, 6.45) is 26.0. The fourth-order valence-corrected chi connectivity index (χ4v) is 14.0. The second-order valence-corrected chi connectivity index (χ2v) is 24.5. The van der Waals surface area contributed by atoms with E-state index in [4.69, 9.17) is 0 Å². The van der Waals surface area contributed by atoms with Crippen LogP contribution in [0.1, 0.15) is 178 Å². The molecule has 0 atom stereocenters. The molecule has 0 amide bonds. The van der Waals surface area contributed by atoms with Gasteiger partial charge in [0.1, 0.15) is 0 Å². The molecule has 0 radical (unpaired) electrons. The Morgan fingerprint density at radius 3 is 0.614 bits per heavy atom. The first kappa shape index (κ1) is 61.3. The average molecular weight is 1170 g/mol. The van der Waals surface area contributed by atoms with Gasteiger partial charge in [0.05, 0.1) is 66.4 Å². The summed E-state index contributed by atoms with van der Waals surface area (Å²) in [5, 5.41) is 2.50. The number of fused-ring (bicyclic) bond motifs is 6. The standard InChI is InChI=1S/2C40H44N2O2/c2*1-3-5-7-9-17-23-31-35-27-25-33(29-19-13-11-14-20-29)41(35)40(44)38-32(24-18-10-8-6-4-2)36-28-26-34(30-21-15-12-16-22-30)42(36)39(43)37(31)38/h2*11-16,19-22,25-28H,3-10,17-18,23-24H2,1-2H3. The lowest BCUT2D eigenvalue weighted by Crippen LogP contribution is -2.25. The normalized spacial score (nSPS) is 11.8. The number of nitrogens with zero attached hydrogens (tertiary/aromatic N) is 4. The fourth-order valence-electron chi connectivity index (χ4n) is 14.0. The van der Waals surface area contributed by atoms with E-state index in [0.29, 0.717) is 21.5 Å². The van der Waals surface area contributed by atoms with Gasteiger partial charge in [0.25, 0.3) is 22.2 Å². The number of unbranched alkanes of at least 4 members (excludes halogenated alkanes) is 16. The predicted molar refractivity (Wildman–Crippen MR) is 371 cm³/mol. The van der Waals surface area contributed by atoms with Gasteiger partial charge in [0.15, 0.2) is 0 Å². The first-order chi connectivity index (χ1) is 43.3. The molecule has 12 rings (SSSR count). The van der Waals surface area contributed by atoms with Crippen LogP contribution in [0.15, 0.2) is 189 Å². The Morgan fingerprint density at radius 1 is 0.227 bits per heavy atom. The van der Waals surface area contributed by atoms with Crippen LogP contribution >= 0.6 is 0 Å². The minimum Gasteiger partial charge on any atom is -0.276 e. The molecule has 0 aliphatic heterocycles. The molecular weight excluding hydrogens is 1080 g/mol. The Kier molecular flexibility index (Phi) is 20.3. The molecular formula is C80H88N4O4. The molecule has 8 nitrogen and oxygen atoms in total. The molecule has 0 N–H and O–H groups in total. The summed E-state index contributed by atoms with van der Waals surface area (Å²) in [6, 6.07) is 57.1. The summed E-state index contributed by atoms with van der Waals surface area (Å²) in [5.41, 5.74) is 14.9. The lowest BCUT2D eigenvalue weighted by Gasteiger charge is -2.16.